The summed E-state index contributed by atoms with van der Waals surface area (Å²) in [6.45, 7) is 0. The molecule has 0 saturated heterocycles. The second-order valence-electron chi connectivity index (χ2n) is 17.2. The van der Waals surface area contributed by atoms with Crippen LogP contribution in [0, 0.1) is 0 Å². The molecule has 0 unspecified atom stereocenters. The minimum atomic E-state index is 0.860. The number of hydrogen-bond acceptors (Lipinski definition) is 2. The molecule has 0 aliphatic heterocycles. The Morgan fingerprint density at radius 3 is 1.79 bits per heavy atom. The fourth-order valence-corrected chi connectivity index (χ4v) is 10.3. The second kappa shape index (κ2) is 16.0. The van der Waals surface area contributed by atoms with Crippen molar-refractivity contribution in [2.24, 2.45) is 0 Å². The Morgan fingerprint density at radius 2 is 0.940 bits per heavy atom. The monoisotopic (exact) mass is 854 g/mol. The van der Waals surface area contributed by atoms with Gasteiger partial charge in [0.2, 0.25) is 0 Å². The van der Waals surface area contributed by atoms with E-state index in [1.54, 1.807) is 0 Å². The molecule has 0 aliphatic carbocycles. The summed E-state index contributed by atoms with van der Waals surface area (Å²) in [5.74, 6) is 0. The first-order valence-electron chi connectivity index (χ1n) is 22.9. The summed E-state index contributed by atoms with van der Waals surface area (Å²) in [5.41, 5.74) is 17.6. The number of nitrogens with zero attached hydrogens (tertiary/aromatic N) is 2. The molecule has 0 fully saturated rings. The molecule has 3 heteroatoms. The molecule has 0 radical (unpaired) electrons. The lowest BCUT2D eigenvalue weighted by molar-refractivity contribution is 0.670. The lowest BCUT2D eigenvalue weighted by Crippen LogP contribution is -2.10. The number of para-hydroxylation sites is 3. The standard InChI is InChI=1S/C64H42N2O/c1-3-17-45(18-4-1)55-39-40-60(63-57-29-10-12-34-61(57)67-64(55)63)65(50-37-35-43(36-38-50)46-21-13-22-47(41-46)53-30-15-20-44-19-7-8-27-52(44)53)51-26-14-23-48(42-51)54-31-16-33-59-62(54)56-28-9-11-32-58(56)66(59)49-24-5-2-6-25-49/h1-42H. The third-order valence-electron chi connectivity index (χ3n) is 13.4. The van der Waals surface area contributed by atoms with Gasteiger partial charge in [0.1, 0.15) is 11.2 Å². The summed E-state index contributed by atoms with van der Waals surface area (Å²) in [4.78, 5) is 2.41. The molecule has 0 aliphatic rings. The molecule has 0 spiro atoms. The molecule has 2 heterocycles. The van der Waals surface area contributed by atoms with Gasteiger partial charge in [0.25, 0.3) is 0 Å². The van der Waals surface area contributed by atoms with Crippen LogP contribution >= 0.6 is 0 Å². The number of hydrogen-bond donors (Lipinski definition) is 0. The first-order valence-corrected chi connectivity index (χ1v) is 22.9. The predicted octanol–water partition coefficient (Wildman–Crippen LogP) is 18.0. The molecular formula is C64H42N2O. The van der Waals surface area contributed by atoms with E-state index in [-0.39, 0.29) is 0 Å². The Balaban J connectivity index is 1.00. The van der Waals surface area contributed by atoms with E-state index in [0.29, 0.717) is 0 Å². The number of benzene rings is 11. The van der Waals surface area contributed by atoms with Gasteiger partial charge in [-0.15, -0.1) is 0 Å². The van der Waals surface area contributed by atoms with Gasteiger partial charge in [0.15, 0.2) is 0 Å². The second-order valence-corrected chi connectivity index (χ2v) is 17.2. The quantitative estimate of drug-likeness (QED) is 0.152. The average Bonchev–Trinajstić information content (AvgIpc) is 3.96. The largest absolute Gasteiger partial charge is 0.455 e. The van der Waals surface area contributed by atoms with Gasteiger partial charge in [-0.25, -0.2) is 0 Å². The number of furan rings is 1. The zero-order valence-corrected chi connectivity index (χ0v) is 36.6. The van der Waals surface area contributed by atoms with Crippen LogP contribution in [0.1, 0.15) is 0 Å². The topological polar surface area (TPSA) is 21.3 Å². The Hall–Kier alpha value is -8.92. The van der Waals surface area contributed by atoms with Gasteiger partial charge in [-0.05, 0) is 123 Å². The van der Waals surface area contributed by atoms with Crippen LogP contribution in [0.5, 0.6) is 0 Å². The van der Waals surface area contributed by atoms with Crippen molar-refractivity contribution in [3.63, 3.8) is 0 Å². The molecule has 0 N–H and O–H groups in total. The molecule has 0 saturated carbocycles. The molecule has 11 aromatic carbocycles. The van der Waals surface area contributed by atoms with Crippen molar-refractivity contribution in [3.8, 4) is 50.2 Å². The van der Waals surface area contributed by atoms with Crippen molar-refractivity contribution < 1.29 is 4.42 Å². The predicted molar refractivity (Wildman–Crippen MR) is 282 cm³/mol. The Labute approximate surface area is 388 Å². The van der Waals surface area contributed by atoms with Crippen LogP contribution in [0.25, 0.3) is 105 Å². The van der Waals surface area contributed by atoms with Gasteiger partial charge in [-0.1, -0.05) is 182 Å². The highest BCUT2D eigenvalue weighted by Gasteiger charge is 2.23. The summed E-state index contributed by atoms with van der Waals surface area (Å²) >= 11 is 0. The first kappa shape index (κ1) is 38.5. The van der Waals surface area contributed by atoms with Crippen LogP contribution in [0.15, 0.2) is 259 Å². The van der Waals surface area contributed by atoms with Gasteiger partial charge < -0.3 is 13.9 Å². The highest BCUT2D eigenvalue weighted by molar-refractivity contribution is 6.18. The van der Waals surface area contributed by atoms with Crippen LogP contribution in [-0.4, -0.2) is 4.57 Å². The molecule has 3 nitrogen and oxygen atoms in total. The van der Waals surface area contributed by atoms with Gasteiger partial charge in [0, 0.05) is 38.8 Å². The normalized spacial score (nSPS) is 11.6. The van der Waals surface area contributed by atoms with Crippen molar-refractivity contribution in [1.29, 1.82) is 0 Å². The van der Waals surface area contributed by atoms with Crippen LogP contribution in [0.2, 0.25) is 0 Å². The maximum absolute atomic E-state index is 6.84. The smallest absolute Gasteiger partial charge is 0.145 e. The van der Waals surface area contributed by atoms with E-state index >= 15 is 0 Å². The van der Waals surface area contributed by atoms with E-state index in [2.05, 4.69) is 264 Å². The maximum atomic E-state index is 6.84. The summed E-state index contributed by atoms with van der Waals surface area (Å²) in [5, 5.41) is 7.10. The Kier molecular flexibility index (Phi) is 9.17. The molecule has 67 heavy (non-hydrogen) atoms. The van der Waals surface area contributed by atoms with E-state index < -0.39 is 0 Å². The van der Waals surface area contributed by atoms with Crippen molar-refractivity contribution >= 4 is 71.6 Å². The average molecular weight is 855 g/mol. The highest BCUT2D eigenvalue weighted by atomic mass is 16.3. The fraction of sp³-hybridized carbons (Fsp3) is 0. The minimum Gasteiger partial charge on any atom is -0.455 e. The van der Waals surface area contributed by atoms with Crippen molar-refractivity contribution in [2.45, 2.75) is 0 Å². The van der Waals surface area contributed by atoms with E-state index in [9.17, 15) is 0 Å². The van der Waals surface area contributed by atoms with Crippen LogP contribution < -0.4 is 4.90 Å². The first-order chi connectivity index (χ1) is 33.2. The summed E-state index contributed by atoms with van der Waals surface area (Å²) < 4.78 is 9.23. The summed E-state index contributed by atoms with van der Waals surface area (Å²) in [6, 6.07) is 91.8. The van der Waals surface area contributed by atoms with E-state index in [0.717, 1.165) is 66.9 Å². The third-order valence-corrected chi connectivity index (χ3v) is 13.4. The molecule has 0 amide bonds. The Bertz CT molecular complexity index is 3970. The third kappa shape index (κ3) is 6.51. The maximum Gasteiger partial charge on any atom is 0.145 e. The van der Waals surface area contributed by atoms with Crippen molar-refractivity contribution in [3.05, 3.63) is 255 Å². The number of rotatable bonds is 8. The van der Waals surface area contributed by atoms with Gasteiger partial charge in [0.05, 0.1) is 22.1 Å². The number of aromatic nitrogens is 1. The van der Waals surface area contributed by atoms with Crippen molar-refractivity contribution in [2.75, 3.05) is 4.90 Å². The van der Waals surface area contributed by atoms with Crippen molar-refractivity contribution in [1.82, 2.24) is 4.57 Å². The summed E-state index contributed by atoms with van der Waals surface area (Å²) in [6.07, 6.45) is 0. The van der Waals surface area contributed by atoms with Crippen LogP contribution in [-0.2, 0) is 0 Å². The fourth-order valence-electron chi connectivity index (χ4n) is 10.3. The van der Waals surface area contributed by atoms with Crippen LogP contribution in [0.4, 0.5) is 17.1 Å². The number of fused-ring (bicyclic) bond motifs is 7. The van der Waals surface area contributed by atoms with E-state index in [4.69, 9.17) is 4.42 Å². The molecular weight excluding hydrogens is 813 g/mol. The molecule has 2 aromatic heterocycles. The Morgan fingerprint density at radius 1 is 0.328 bits per heavy atom. The highest BCUT2D eigenvalue weighted by Crippen LogP contribution is 2.48. The molecule has 0 bridgehead atoms. The molecule has 13 aromatic rings. The van der Waals surface area contributed by atoms with E-state index in [1.165, 1.54) is 54.8 Å². The zero-order chi connectivity index (χ0) is 44.3. The number of anilines is 3. The lowest BCUT2D eigenvalue weighted by Gasteiger charge is -2.27. The SMILES string of the molecule is c1ccc(-c2ccc(N(c3ccc(-c4cccc(-c5cccc6ccccc56)c4)cc3)c3cccc(-c4cccc5c4c4ccccc4n5-c4ccccc4)c3)c3c2oc2ccccc23)cc1. The molecule has 13 rings (SSSR count). The lowest BCUT2D eigenvalue weighted by atomic mass is 9.95. The molecule has 0 atom stereocenters. The minimum absolute atomic E-state index is 0.860. The van der Waals surface area contributed by atoms with Gasteiger partial charge in [-0.3, -0.25) is 0 Å². The van der Waals surface area contributed by atoms with Crippen LogP contribution in [0.3, 0.4) is 0 Å². The van der Waals surface area contributed by atoms with Gasteiger partial charge in [-0.2, -0.15) is 0 Å². The van der Waals surface area contributed by atoms with E-state index in [1.807, 2.05) is 0 Å². The zero-order valence-electron chi connectivity index (χ0n) is 36.6. The van der Waals surface area contributed by atoms with Gasteiger partial charge >= 0.3 is 0 Å². The molecule has 314 valence electrons. The summed E-state index contributed by atoms with van der Waals surface area (Å²) in [7, 11) is 0.